The Bertz CT molecular complexity index is 1380. The minimum atomic E-state index is -0.521. The highest BCUT2D eigenvalue weighted by Crippen LogP contribution is 2.44. The van der Waals surface area contributed by atoms with Crippen LogP contribution in [0.1, 0.15) is 25.3 Å². The van der Waals surface area contributed by atoms with Gasteiger partial charge < -0.3 is 10.0 Å². The first kappa shape index (κ1) is 19.9. The maximum absolute atomic E-state index is 10.4. The van der Waals surface area contributed by atoms with Crippen molar-refractivity contribution in [3.05, 3.63) is 54.6 Å². The summed E-state index contributed by atoms with van der Waals surface area (Å²) in [5.74, 6) is 2.01. The Kier molecular flexibility index (Phi) is 4.32. The van der Waals surface area contributed by atoms with Crippen LogP contribution >= 0.6 is 0 Å². The Balaban J connectivity index is 1.36. The van der Waals surface area contributed by atoms with Crippen molar-refractivity contribution in [2.75, 3.05) is 18.0 Å². The lowest BCUT2D eigenvalue weighted by Crippen LogP contribution is -2.27. The molecule has 8 nitrogen and oxygen atoms in total. The number of pyridine rings is 2. The third kappa shape index (κ3) is 3.36. The van der Waals surface area contributed by atoms with Crippen molar-refractivity contribution in [1.29, 1.82) is 5.26 Å². The molecule has 8 heteroatoms. The molecule has 5 heterocycles. The number of anilines is 1. The maximum atomic E-state index is 10.4. The van der Waals surface area contributed by atoms with Crippen LogP contribution in [0, 0.1) is 23.2 Å². The molecule has 0 amide bonds. The lowest BCUT2D eigenvalue weighted by Gasteiger charge is -2.23. The monoisotopic (exact) mass is 439 g/mol. The summed E-state index contributed by atoms with van der Waals surface area (Å²) in [7, 11) is 1.89. The van der Waals surface area contributed by atoms with Crippen LogP contribution < -0.4 is 4.90 Å². The van der Waals surface area contributed by atoms with Gasteiger partial charge in [0.25, 0.3) is 0 Å². The second-order valence-electron chi connectivity index (χ2n) is 9.72. The van der Waals surface area contributed by atoms with Gasteiger partial charge in [-0.25, -0.2) is 9.50 Å². The van der Waals surface area contributed by atoms with Crippen LogP contribution in [0.15, 0.2) is 49.1 Å². The number of aliphatic hydroxyl groups is 1. The largest absolute Gasteiger partial charge is 0.390 e. The van der Waals surface area contributed by atoms with Gasteiger partial charge in [0, 0.05) is 55.4 Å². The van der Waals surface area contributed by atoms with Gasteiger partial charge >= 0.3 is 0 Å². The molecule has 0 aromatic carbocycles. The van der Waals surface area contributed by atoms with Crippen molar-refractivity contribution in [1.82, 2.24) is 24.4 Å². The smallest absolute Gasteiger partial charge is 0.128 e. The summed E-state index contributed by atoms with van der Waals surface area (Å²) in [6.07, 6.45) is 9.02. The van der Waals surface area contributed by atoms with E-state index in [1.807, 2.05) is 38.6 Å². The first-order valence-corrected chi connectivity index (χ1v) is 11.3. The van der Waals surface area contributed by atoms with Crippen molar-refractivity contribution in [3.63, 3.8) is 0 Å². The standard InChI is InChI=1S/C25H25N7O/c1-25(33)8-18-13-31(14-19(18)9-25)23-4-3-16(11-27-23)21-7-17(22-5-6-30(2)29-22)15-32-24(21)20(10-26)12-28-32/h3-7,11-12,15,18-19,33H,8-9,13-14H2,1-2H3/t18-,19+,25?. The zero-order chi connectivity index (χ0) is 22.7. The minimum absolute atomic E-state index is 0.521. The van der Waals surface area contributed by atoms with Crippen LogP contribution in [0.5, 0.6) is 0 Å². The van der Waals surface area contributed by atoms with Gasteiger partial charge in [-0.15, -0.1) is 0 Å². The lowest BCUT2D eigenvalue weighted by molar-refractivity contribution is 0.0601. The predicted octanol–water partition coefficient (Wildman–Crippen LogP) is 3.27. The molecule has 2 fully saturated rings. The van der Waals surface area contributed by atoms with E-state index in [0.717, 1.165) is 59.7 Å². The van der Waals surface area contributed by atoms with E-state index >= 15 is 0 Å². The van der Waals surface area contributed by atoms with Gasteiger partial charge in [0.05, 0.1) is 28.6 Å². The Hall–Kier alpha value is -3.70. The second-order valence-corrected chi connectivity index (χ2v) is 9.72. The number of hydrogen-bond donors (Lipinski definition) is 1. The van der Waals surface area contributed by atoms with Crippen LogP contribution in [0.4, 0.5) is 5.82 Å². The zero-order valence-electron chi connectivity index (χ0n) is 18.7. The molecule has 33 heavy (non-hydrogen) atoms. The summed E-state index contributed by atoms with van der Waals surface area (Å²) >= 11 is 0. The van der Waals surface area contributed by atoms with Crippen molar-refractivity contribution < 1.29 is 5.11 Å². The molecule has 166 valence electrons. The highest BCUT2D eigenvalue weighted by atomic mass is 16.3. The van der Waals surface area contributed by atoms with Gasteiger partial charge in [-0.05, 0) is 55.9 Å². The molecule has 6 rings (SSSR count). The van der Waals surface area contributed by atoms with E-state index in [-0.39, 0.29) is 0 Å². The van der Waals surface area contributed by atoms with Crippen molar-refractivity contribution in [3.8, 4) is 28.5 Å². The molecular formula is C25H25N7O. The minimum Gasteiger partial charge on any atom is -0.390 e. The molecule has 1 saturated heterocycles. The predicted molar refractivity (Wildman–Crippen MR) is 124 cm³/mol. The summed E-state index contributed by atoms with van der Waals surface area (Å²) < 4.78 is 3.52. The molecule has 0 spiro atoms. The van der Waals surface area contributed by atoms with E-state index in [0.29, 0.717) is 17.4 Å². The molecule has 1 saturated carbocycles. The Labute approximate surface area is 191 Å². The molecule has 1 N–H and O–H groups in total. The molecule has 3 atom stereocenters. The number of nitrogens with zero attached hydrogens (tertiary/aromatic N) is 7. The van der Waals surface area contributed by atoms with Crippen molar-refractivity contribution >= 4 is 11.3 Å². The summed E-state index contributed by atoms with van der Waals surface area (Å²) in [6.45, 7) is 3.83. The van der Waals surface area contributed by atoms with Gasteiger partial charge in [0.1, 0.15) is 11.9 Å². The molecule has 1 aliphatic carbocycles. The molecule has 4 aromatic rings. The Morgan fingerprint density at radius 1 is 1.12 bits per heavy atom. The summed E-state index contributed by atoms with van der Waals surface area (Å²) in [4.78, 5) is 7.11. The van der Waals surface area contributed by atoms with Crippen LogP contribution in [-0.4, -0.2) is 48.2 Å². The molecule has 2 aliphatic rings. The third-order valence-electron chi connectivity index (χ3n) is 7.10. The maximum Gasteiger partial charge on any atom is 0.128 e. The van der Waals surface area contributed by atoms with Gasteiger partial charge in [-0.1, -0.05) is 0 Å². The van der Waals surface area contributed by atoms with Crippen molar-refractivity contribution in [2.24, 2.45) is 18.9 Å². The SMILES string of the molecule is Cn1ccc(-c2cc(-c3ccc(N4C[C@@H]5CC(C)(O)C[C@@H]5C4)nc3)c3c(C#N)cnn3c2)n1. The summed E-state index contributed by atoms with van der Waals surface area (Å²) in [6, 6.07) is 10.4. The normalized spacial score (nSPS) is 24.4. The topological polar surface area (TPSA) is 95.3 Å². The van der Waals surface area contributed by atoms with Gasteiger partial charge in [0.15, 0.2) is 0 Å². The van der Waals surface area contributed by atoms with Crippen LogP contribution in [-0.2, 0) is 7.05 Å². The number of hydrogen-bond acceptors (Lipinski definition) is 6. The number of fused-ring (bicyclic) bond motifs is 2. The number of nitriles is 1. The summed E-state index contributed by atoms with van der Waals surface area (Å²) in [5.41, 5.74) is 4.38. The van der Waals surface area contributed by atoms with Gasteiger partial charge in [-0.2, -0.15) is 15.5 Å². The summed E-state index contributed by atoms with van der Waals surface area (Å²) in [5, 5.41) is 28.9. The highest BCUT2D eigenvalue weighted by Gasteiger charge is 2.46. The van der Waals surface area contributed by atoms with Gasteiger partial charge in [0.2, 0.25) is 0 Å². The molecule has 0 bridgehead atoms. The molecule has 0 radical (unpaired) electrons. The fourth-order valence-electron chi connectivity index (χ4n) is 5.67. The van der Waals surface area contributed by atoms with E-state index in [2.05, 4.69) is 39.4 Å². The first-order chi connectivity index (χ1) is 15.9. The second kappa shape index (κ2) is 7.15. The highest BCUT2D eigenvalue weighted by molar-refractivity contribution is 5.87. The van der Waals surface area contributed by atoms with Crippen LogP contribution in [0.25, 0.3) is 27.9 Å². The van der Waals surface area contributed by atoms with Crippen LogP contribution in [0.3, 0.4) is 0 Å². The fraction of sp³-hybridized carbons (Fsp3) is 0.360. The van der Waals surface area contributed by atoms with Crippen LogP contribution in [0.2, 0.25) is 0 Å². The third-order valence-corrected chi connectivity index (χ3v) is 7.10. The Morgan fingerprint density at radius 3 is 2.55 bits per heavy atom. The van der Waals surface area contributed by atoms with E-state index in [1.54, 1.807) is 15.4 Å². The quantitative estimate of drug-likeness (QED) is 0.526. The van der Waals surface area contributed by atoms with E-state index in [4.69, 9.17) is 4.98 Å². The number of rotatable bonds is 3. The molecule has 1 aliphatic heterocycles. The first-order valence-electron chi connectivity index (χ1n) is 11.3. The zero-order valence-corrected chi connectivity index (χ0v) is 18.7. The van der Waals surface area contributed by atoms with E-state index in [9.17, 15) is 10.4 Å². The molecule has 1 unspecified atom stereocenters. The van der Waals surface area contributed by atoms with E-state index < -0.39 is 5.60 Å². The number of aromatic nitrogens is 5. The van der Waals surface area contributed by atoms with Crippen molar-refractivity contribution in [2.45, 2.75) is 25.4 Å². The van der Waals surface area contributed by atoms with Gasteiger partial charge in [-0.3, -0.25) is 4.68 Å². The molecular weight excluding hydrogens is 414 g/mol. The average Bonchev–Trinajstić information content (AvgIpc) is 3.55. The Morgan fingerprint density at radius 2 is 1.91 bits per heavy atom. The number of aryl methyl sites for hydroxylation is 1. The lowest BCUT2D eigenvalue weighted by atomic mass is 10.0. The van der Waals surface area contributed by atoms with E-state index in [1.165, 1.54) is 0 Å². The average molecular weight is 440 g/mol. The fourth-order valence-corrected chi connectivity index (χ4v) is 5.67. The molecule has 4 aromatic heterocycles.